The van der Waals surface area contributed by atoms with Crippen LogP contribution in [0.2, 0.25) is 0 Å². The molecule has 0 bridgehead atoms. The predicted molar refractivity (Wildman–Crippen MR) is 63.0 cm³/mol. The Morgan fingerprint density at radius 3 is 2.81 bits per heavy atom. The third kappa shape index (κ3) is 7.62. The van der Waals surface area contributed by atoms with Gasteiger partial charge in [0, 0.05) is 19.7 Å². The SMILES string of the molecule is CCCC(CN)C(=O)NCCCOCCO. The second-order valence-corrected chi connectivity index (χ2v) is 3.70. The van der Waals surface area contributed by atoms with E-state index in [1.807, 2.05) is 6.92 Å². The Bertz CT molecular complexity index is 177. The minimum atomic E-state index is -0.0663. The molecule has 0 aliphatic carbocycles. The highest BCUT2D eigenvalue weighted by Gasteiger charge is 2.14. The molecule has 0 aromatic rings. The minimum absolute atomic E-state index is 0.0338. The summed E-state index contributed by atoms with van der Waals surface area (Å²) in [6.45, 7) is 4.00. The quantitative estimate of drug-likeness (QED) is 0.458. The zero-order chi connectivity index (χ0) is 12.2. The molecule has 0 fully saturated rings. The zero-order valence-corrected chi connectivity index (χ0v) is 10.1. The minimum Gasteiger partial charge on any atom is -0.394 e. The Morgan fingerprint density at radius 1 is 1.50 bits per heavy atom. The molecule has 0 spiro atoms. The van der Waals surface area contributed by atoms with Gasteiger partial charge in [-0.25, -0.2) is 0 Å². The van der Waals surface area contributed by atoms with Crippen LogP contribution in [0, 0.1) is 5.92 Å². The lowest BCUT2D eigenvalue weighted by molar-refractivity contribution is -0.124. The fourth-order valence-electron chi connectivity index (χ4n) is 1.40. The van der Waals surface area contributed by atoms with E-state index >= 15 is 0 Å². The highest BCUT2D eigenvalue weighted by molar-refractivity contribution is 5.78. The Kier molecular flexibility index (Phi) is 10.4. The van der Waals surface area contributed by atoms with E-state index in [2.05, 4.69) is 5.32 Å². The number of amides is 1. The molecule has 0 aliphatic rings. The smallest absolute Gasteiger partial charge is 0.224 e. The summed E-state index contributed by atoms with van der Waals surface area (Å²) < 4.78 is 5.07. The molecule has 0 saturated heterocycles. The Labute approximate surface area is 97.3 Å². The van der Waals surface area contributed by atoms with Gasteiger partial charge in [-0.2, -0.15) is 0 Å². The maximum absolute atomic E-state index is 11.6. The van der Waals surface area contributed by atoms with E-state index in [4.69, 9.17) is 15.6 Å². The molecule has 1 unspecified atom stereocenters. The lowest BCUT2D eigenvalue weighted by Gasteiger charge is -2.13. The van der Waals surface area contributed by atoms with Crippen molar-refractivity contribution in [1.29, 1.82) is 0 Å². The van der Waals surface area contributed by atoms with Crippen LogP contribution in [-0.2, 0) is 9.53 Å². The highest BCUT2D eigenvalue weighted by atomic mass is 16.5. The first-order valence-electron chi connectivity index (χ1n) is 5.92. The first-order chi connectivity index (χ1) is 7.76. The molecule has 96 valence electrons. The number of nitrogens with one attached hydrogen (secondary N) is 1. The molecule has 16 heavy (non-hydrogen) atoms. The topological polar surface area (TPSA) is 84.6 Å². The second kappa shape index (κ2) is 10.9. The first-order valence-corrected chi connectivity index (χ1v) is 5.92. The number of hydrogen-bond donors (Lipinski definition) is 3. The van der Waals surface area contributed by atoms with Crippen LogP contribution in [-0.4, -0.2) is 43.9 Å². The van der Waals surface area contributed by atoms with Gasteiger partial charge in [0.25, 0.3) is 0 Å². The fourth-order valence-corrected chi connectivity index (χ4v) is 1.40. The van der Waals surface area contributed by atoms with E-state index in [1.54, 1.807) is 0 Å². The van der Waals surface area contributed by atoms with Crippen molar-refractivity contribution in [1.82, 2.24) is 5.32 Å². The van der Waals surface area contributed by atoms with Crippen LogP contribution in [0.15, 0.2) is 0 Å². The van der Waals surface area contributed by atoms with Crippen molar-refractivity contribution in [2.24, 2.45) is 11.7 Å². The molecule has 0 heterocycles. The van der Waals surface area contributed by atoms with Crippen molar-refractivity contribution >= 4 is 5.91 Å². The number of rotatable bonds is 10. The summed E-state index contributed by atoms with van der Waals surface area (Å²) in [5.41, 5.74) is 5.52. The van der Waals surface area contributed by atoms with Crippen molar-refractivity contribution < 1.29 is 14.6 Å². The summed E-state index contributed by atoms with van der Waals surface area (Å²) >= 11 is 0. The van der Waals surface area contributed by atoms with Gasteiger partial charge < -0.3 is 20.9 Å². The van der Waals surface area contributed by atoms with Crippen molar-refractivity contribution in [3.8, 4) is 0 Å². The van der Waals surface area contributed by atoms with Crippen molar-refractivity contribution in [3.63, 3.8) is 0 Å². The van der Waals surface area contributed by atoms with Gasteiger partial charge in [0.05, 0.1) is 19.1 Å². The van der Waals surface area contributed by atoms with Crippen LogP contribution >= 0.6 is 0 Å². The van der Waals surface area contributed by atoms with Crippen LogP contribution in [0.5, 0.6) is 0 Å². The maximum atomic E-state index is 11.6. The molecule has 0 aliphatic heterocycles. The average Bonchev–Trinajstić information content (AvgIpc) is 2.30. The number of ether oxygens (including phenoxy) is 1. The van der Waals surface area contributed by atoms with Crippen LogP contribution in [0.1, 0.15) is 26.2 Å². The highest BCUT2D eigenvalue weighted by Crippen LogP contribution is 2.03. The van der Waals surface area contributed by atoms with Crippen molar-refractivity contribution in [2.45, 2.75) is 26.2 Å². The van der Waals surface area contributed by atoms with Gasteiger partial charge in [0.1, 0.15) is 0 Å². The number of aliphatic hydroxyl groups is 1. The van der Waals surface area contributed by atoms with Gasteiger partial charge >= 0.3 is 0 Å². The Morgan fingerprint density at radius 2 is 2.25 bits per heavy atom. The fraction of sp³-hybridized carbons (Fsp3) is 0.909. The lowest BCUT2D eigenvalue weighted by atomic mass is 10.0. The second-order valence-electron chi connectivity index (χ2n) is 3.70. The number of carbonyl (C=O) groups excluding carboxylic acids is 1. The van der Waals surface area contributed by atoms with Crippen LogP contribution < -0.4 is 11.1 Å². The van der Waals surface area contributed by atoms with Gasteiger partial charge in [-0.05, 0) is 12.8 Å². The van der Waals surface area contributed by atoms with Crippen LogP contribution in [0.3, 0.4) is 0 Å². The monoisotopic (exact) mass is 232 g/mol. The molecular formula is C11H24N2O3. The van der Waals surface area contributed by atoms with E-state index in [-0.39, 0.29) is 18.4 Å². The molecule has 0 aromatic heterocycles. The maximum Gasteiger partial charge on any atom is 0.224 e. The molecule has 1 amide bonds. The molecule has 0 aromatic carbocycles. The molecule has 5 nitrogen and oxygen atoms in total. The van der Waals surface area contributed by atoms with E-state index < -0.39 is 0 Å². The van der Waals surface area contributed by atoms with Crippen molar-refractivity contribution in [2.75, 3.05) is 32.9 Å². The number of nitrogens with two attached hydrogens (primary N) is 1. The third-order valence-corrected chi connectivity index (χ3v) is 2.29. The number of aliphatic hydroxyl groups excluding tert-OH is 1. The lowest BCUT2D eigenvalue weighted by Crippen LogP contribution is -2.35. The summed E-state index contributed by atoms with van der Waals surface area (Å²) in [4.78, 5) is 11.6. The van der Waals surface area contributed by atoms with Crippen molar-refractivity contribution in [3.05, 3.63) is 0 Å². The van der Waals surface area contributed by atoms with Gasteiger partial charge in [0.2, 0.25) is 5.91 Å². The van der Waals surface area contributed by atoms with Gasteiger partial charge in [-0.3, -0.25) is 4.79 Å². The van der Waals surface area contributed by atoms with E-state index in [1.165, 1.54) is 0 Å². The van der Waals surface area contributed by atoms with Gasteiger partial charge in [-0.15, -0.1) is 0 Å². The summed E-state index contributed by atoms with van der Waals surface area (Å²) in [6.07, 6.45) is 2.56. The normalized spacial score (nSPS) is 12.4. The molecule has 0 saturated carbocycles. The molecule has 4 N–H and O–H groups in total. The van der Waals surface area contributed by atoms with Crippen LogP contribution in [0.25, 0.3) is 0 Å². The zero-order valence-electron chi connectivity index (χ0n) is 10.1. The molecule has 5 heteroatoms. The Hall–Kier alpha value is -0.650. The molecule has 0 radical (unpaired) electrons. The standard InChI is InChI=1S/C11H24N2O3/c1-2-4-10(9-12)11(15)13-5-3-7-16-8-6-14/h10,14H,2-9,12H2,1H3,(H,13,15). The van der Waals surface area contributed by atoms with E-state index in [9.17, 15) is 4.79 Å². The van der Waals surface area contributed by atoms with Crippen LogP contribution in [0.4, 0.5) is 0 Å². The largest absolute Gasteiger partial charge is 0.394 e. The Balaban J connectivity index is 3.47. The first kappa shape index (κ1) is 15.3. The predicted octanol–water partition coefficient (Wildman–Crippen LogP) is -0.123. The summed E-state index contributed by atoms with van der Waals surface area (Å²) in [5.74, 6) is -0.0325. The van der Waals surface area contributed by atoms with Gasteiger partial charge in [0.15, 0.2) is 0 Å². The van der Waals surface area contributed by atoms with E-state index in [0.717, 1.165) is 19.3 Å². The number of carbonyl (C=O) groups is 1. The average molecular weight is 232 g/mol. The molecule has 1 atom stereocenters. The van der Waals surface area contributed by atoms with Gasteiger partial charge in [-0.1, -0.05) is 13.3 Å². The van der Waals surface area contributed by atoms with E-state index in [0.29, 0.717) is 26.3 Å². The molecular weight excluding hydrogens is 208 g/mol. The summed E-state index contributed by atoms with van der Waals surface area (Å²) in [6, 6.07) is 0. The molecule has 0 rings (SSSR count). The number of hydrogen-bond acceptors (Lipinski definition) is 4. The summed E-state index contributed by atoms with van der Waals surface area (Å²) in [5, 5.41) is 11.3. The third-order valence-electron chi connectivity index (χ3n) is 2.29. The summed E-state index contributed by atoms with van der Waals surface area (Å²) in [7, 11) is 0.